The van der Waals surface area contributed by atoms with Crippen molar-refractivity contribution < 1.29 is 14.6 Å². The van der Waals surface area contributed by atoms with Crippen LogP contribution in [0.1, 0.15) is 43.2 Å². The van der Waals surface area contributed by atoms with Crippen molar-refractivity contribution in [2.75, 3.05) is 5.32 Å². The Morgan fingerprint density at radius 2 is 1.55 bits per heavy atom. The maximum atomic E-state index is 12.3. The molecule has 0 atom stereocenters. The first kappa shape index (κ1) is 19.1. The molecule has 1 amide bonds. The summed E-state index contributed by atoms with van der Waals surface area (Å²) >= 11 is 0. The SMILES string of the molecule is O=C(Nc1cccc(C2(c3ccc(O)cc3)CCCCC2)c1)Oc1ccccc1. The molecule has 0 heterocycles. The lowest BCUT2D eigenvalue weighted by atomic mass is 9.65. The molecule has 1 saturated carbocycles. The Labute approximate surface area is 171 Å². The molecule has 1 aliphatic carbocycles. The van der Waals surface area contributed by atoms with Gasteiger partial charge in [0.05, 0.1) is 0 Å². The number of carbonyl (C=O) groups is 1. The number of para-hydroxylation sites is 1. The molecule has 0 aliphatic heterocycles. The zero-order valence-corrected chi connectivity index (χ0v) is 16.3. The molecule has 0 aromatic heterocycles. The second-order valence-electron chi connectivity index (χ2n) is 7.60. The van der Waals surface area contributed by atoms with Crippen molar-refractivity contribution in [3.8, 4) is 11.5 Å². The van der Waals surface area contributed by atoms with E-state index in [2.05, 4.69) is 11.4 Å². The summed E-state index contributed by atoms with van der Waals surface area (Å²) in [5, 5.41) is 12.6. The van der Waals surface area contributed by atoms with Gasteiger partial charge < -0.3 is 9.84 Å². The van der Waals surface area contributed by atoms with Crippen LogP contribution in [0.2, 0.25) is 0 Å². The van der Waals surface area contributed by atoms with E-state index in [1.807, 2.05) is 48.5 Å². The fourth-order valence-electron chi connectivity index (χ4n) is 4.31. The highest BCUT2D eigenvalue weighted by atomic mass is 16.6. The standard InChI is InChI=1S/C25H25NO3/c27-22-14-12-19(13-15-22)25(16-5-2-6-17-25)20-8-7-9-21(18-20)26-24(28)29-23-10-3-1-4-11-23/h1,3-4,7-15,18,27H,2,5-6,16-17H2,(H,26,28). The van der Waals surface area contributed by atoms with Gasteiger partial charge >= 0.3 is 6.09 Å². The van der Waals surface area contributed by atoms with Gasteiger partial charge in [-0.15, -0.1) is 0 Å². The van der Waals surface area contributed by atoms with Crippen LogP contribution >= 0.6 is 0 Å². The molecule has 148 valence electrons. The molecule has 3 aromatic rings. The number of hydrogen-bond donors (Lipinski definition) is 2. The molecule has 4 heteroatoms. The number of hydrogen-bond acceptors (Lipinski definition) is 3. The van der Waals surface area contributed by atoms with E-state index in [1.165, 1.54) is 17.5 Å². The number of amides is 1. The van der Waals surface area contributed by atoms with Gasteiger partial charge in [0.25, 0.3) is 0 Å². The minimum Gasteiger partial charge on any atom is -0.508 e. The molecular formula is C25H25NO3. The smallest absolute Gasteiger partial charge is 0.417 e. The second-order valence-corrected chi connectivity index (χ2v) is 7.60. The summed E-state index contributed by atoms with van der Waals surface area (Å²) in [6, 6.07) is 24.6. The molecule has 0 spiro atoms. The lowest BCUT2D eigenvalue weighted by Gasteiger charge is -2.39. The molecule has 0 unspecified atom stereocenters. The van der Waals surface area contributed by atoms with Crippen molar-refractivity contribution >= 4 is 11.8 Å². The van der Waals surface area contributed by atoms with Gasteiger partial charge in [-0.25, -0.2) is 4.79 Å². The molecule has 4 rings (SSSR count). The van der Waals surface area contributed by atoms with Crippen LogP contribution < -0.4 is 10.1 Å². The van der Waals surface area contributed by atoms with Gasteiger partial charge in [-0.1, -0.05) is 61.7 Å². The van der Waals surface area contributed by atoms with Crippen LogP contribution in [0.4, 0.5) is 10.5 Å². The lowest BCUT2D eigenvalue weighted by molar-refractivity contribution is 0.215. The van der Waals surface area contributed by atoms with Gasteiger partial charge in [0.1, 0.15) is 11.5 Å². The third-order valence-electron chi connectivity index (χ3n) is 5.74. The summed E-state index contributed by atoms with van der Waals surface area (Å²) in [7, 11) is 0. The van der Waals surface area contributed by atoms with E-state index in [0.29, 0.717) is 11.4 Å². The Hall–Kier alpha value is -3.27. The number of ether oxygens (including phenoxy) is 1. The Balaban J connectivity index is 1.60. The van der Waals surface area contributed by atoms with E-state index in [4.69, 9.17) is 4.74 Å². The average Bonchev–Trinajstić information content (AvgIpc) is 2.75. The molecular weight excluding hydrogens is 362 g/mol. The molecule has 0 radical (unpaired) electrons. The Morgan fingerprint density at radius 3 is 2.28 bits per heavy atom. The fraction of sp³-hybridized carbons (Fsp3) is 0.240. The lowest BCUT2D eigenvalue weighted by Crippen LogP contribution is -2.30. The van der Waals surface area contributed by atoms with E-state index in [0.717, 1.165) is 25.7 Å². The third-order valence-corrected chi connectivity index (χ3v) is 5.74. The van der Waals surface area contributed by atoms with E-state index in [-0.39, 0.29) is 11.2 Å². The maximum Gasteiger partial charge on any atom is 0.417 e. The van der Waals surface area contributed by atoms with Gasteiger partial charge in [0, 0.05) is 11.1 Å². The summed E-state index contributed by atoms with van der Waals surface area (Å²) in [6.07, 6.45) is 5.16. The quantitative estimate of drug-likeness (QED) is 0.556. The topological polar surface area (TPSA) is 58.6 Å². The van der Waals surface area contributed by atoms with E-state index < -0.39 is 6.09 Å². The summed E-state index contributed by atoms with van der Waals surface area (Å²) in [5.74, 6) is 0.785. The van der Waals surface area contributed by atoms with Crippen LogP contribution in [0.25, 0.3) is 0 Å². The van der Waals surface area contributed by atoms with Crippen molar-refractivity contribution in [3.63, 3.8) is 0 Å². The highest BCUT2D eigenvalue weighted by Gasteiger charge is 2.35. The van der Waals surface area contributed by atoms with Crippen LogP contribution in [0.3, 0.4) is 0 Å². The van der Waals surface area contributed by atoms with Crippen LogP contribution in [0.15, 0.2) is 78.9 Å². The minimum absolute atomic E-state index is 0.104. The minimum atomic E-state index is -0.504. The number of phenolic OH excluding ortho intramolecular Hbond substituents is 1. The van der Waals surface area contributed by atoms with Gasteiger partial charge in [0.15, 0.2) is 0 Å². The van der Waals surface area contributed by atoms with Crippen molar-refractivity contribution in [2.24, 2.45) is 0 Å². The predicted molar refractivity (Wildman–Crippen MR) is 115 cm³/mol. The third kappa shape index (κ3) is 4.27. The van der Waals surface area contributed by atoms with Gasteiger partial charge in [-0.05, 0) is 60.4 Å². The Bertz CT molecular complexity index is 961. The summed E-state index contributed by atoms with van der Waals surface area (Å²) < 4.78 is 5.35. The van der Waals surface area contributed by atoms with Crippen molar-refractivity contribution in [1.82, 2.24) is 0 Å². The van der Waals surface area contributed by atoms with E-state index in [9.17, 15) is 9.90 Å². The number of anilines is 1. The Kier molecular flexibility index (Phi) is 5.52. The van der Waals surface area contributed by atoms with Crippen molar-refractivity contribution in [1.29, 1.82) is 0 Å². The largest absolute Gasteiger partial charge is 0.508 e. The molecule has 2 N–H and O–H groups in total. The van der Waals surface area contributed by atoms with Gasteiger partial charge in [-0.2, -0.15) is 0 Å². The number of benzene rings is 3. The average molecular weight is 387 g/mol. The zero-order chi connectivity index (χ0) is 20.1. The Morgan fingerprint density at radius 1 is 0.828 bits per heavy atom. The predicted octanol–water partition coefficient (Wildman–Crippen LogP) is 6.25. The zero-order valence-electron chi connectivity index (χ0n) is 16.3. The number of rotatable bonds is 4. The van der Waals surface area contributed by atoms with Crippen LogP contribution in [0.5, 0.6) is 11.5 Å². The highest BCUT2D eigenvalue weighted by molar-refractivity contribution is 5.86. The second kappa shape index (κ2) is 8.39. The van der Waals surface area contributed by atoms with Crippen LogP contribution in [-0.2, 0) is 5.41 Å². The number of carbonyl (C=O) groups excluding carboxylic acids is 1. The highest BCUT2D eigenvalue weighted by Crippen LogP contribution is 2.45. The van der Waals surface area contributed by atoms with Crippen molar-refractivity contribution in [3.05, 3.63) is 90.0 Å². The number of phenols is 1. The van der Waals surface area contributed by atoms with E-state index >= 15 is 0 Å². The van der Waals surface area contributed by atoms with Crippen LogP contribution in [0, 0.1) is 0 Å². The summed E-state index contributed by atoms with van der Waals surface area (Å²) in [4.78, 5) is 12.3. The first-order valence-corrected chi connectivity index (χ1v) is 10.1. The van der Waals surface area contributed by atoms with Gasteiger partial charge in [0.2, 0.25) is 0 Å². The van der Waals surface area contributed by atoms with Gasteiger partial charge in [-0.3, -0.25) is 5.32 Å². The molecule has 4 nitrogen and oxygen atoms in total. The first-order chi connectivity index (χ1) is 14.2. The maximum absolute atomic E-state index is 12.3. The molecule has 29 heavy (non-hydrogen) atoms. The fourth-order valence-corrected chi connectivity index (χ4v) is 4.31. The summed E-state index contributed by atoms with van der Waals surface area (Å²) in [6.45, 7) is 0. The number of nitrogens with one attached hydrogen (secondary N) is 1. The molecule has 3 aromatic carbocycles. The van der Waals surface area contributed by atoms with Crippen LogP contribution in [-0.4, -0.2) is 11.2 Å². The first-order valence-electron chi connectivity index (χ1n) is 10.1. The van der Waals surface area contributed by atoms with E-state index in [1.54, 1.807) is 24.3 Å². The normalized spacial score (nSPS) is 15.4. The molecule has 0 bridgehead atoms. The number of aromatic hydroxyl groups is 1. The monoisotopic (exact) mass is 387 g/mol. The summed E-state index contributed by atoms with van der Waals surface area (Å²) in [5.41, 5.74) is 3.00. The molecule has 1 aliphatic rings. The van der Waals surface area contributed by atoms with Crippen molar-refractivity contribution in [2.45, 2.75) is 37.5 Å². The molecule has 0 saturated heterocycles. The molecule has 1 fully saturated rings.